The zero-order valence-corrected chi connectivity index (χ0v) is 9.40. The van der Waals surface area contributed by atoms with Gasteiger partial charge in [-0.1, -0.05) is 20.8 Å². The second-order valence-electron chi connectivity index (χ2n) is 5.44. The van der Waals surface area contributed by atoms with Crippen molar-refractivity contribution in [2.75, 3.05) is 6.54 Å². The van der Waals surface area contributed by atoms with Crippen LogP contribution in [0.4, 0.5) is 0 Å². The van der Waals surface area contributed by atoms with Crippen LogP contribution in [-0.4, -0.2) is 18.0 Å². The Labute approximate surface area is 81.1 Å². The molecule has 13 heavy (non-hydrogen) atoms. The standard InChI is InChI=1S/C10H22N2O/c1-9(2,3)7-10(4,5)12-6-8(11)13/h12H,6-7H2,1-5H3,(H2,11,13). The summed E-state index contributed by atoms with van der Waals surface area (Å²) in [7, 11) is 0. The van der Waals surface area contributed by atoms with Crippen molar-refractivity contribution in [1.82, 2.24) is 5.32 Å². The highest BCUT2D eigenvalue weighted by Gasteiger charge is 2.24. The van der Waals surface area contributed by atoms with Crippen LogP contribution < -0.4 is 11.1 Å². The lowest BCUT2D eigenvalue weighted by Gasteiger charge is -2.33. The first kappa shape index (κ1) is 12.4. The predicted molar refractivity (Wildman–Crippen MR) is 55.3 cm³/mol. The second kappa shape index (κ2) is 4.09. The van der Waals surface area contributed by atoms with E-state index in [1.54, 1.807) is 0 Å². The average molecular weight is 186 g/mol. The van der Waals surface area contributed by atoms with E-state index < -0.39 is 0 Å². The monoisotopic (exact) mass is 186 g/mol. The van der Waals surface area contributed by atoms with Crippen LogP contribution in [0.1, 0.15) is 41.0 Å². The lowest BCUT2D eigenvalue weighted by atomic mass is 9.82. The number of rotatable bonds is 4. The highest BCUT2D eigenvalue weighted by molar-refractivity contribution is 5.75. The van der Waals surface area contributed by atoms with E-state index in [0.717, 1.165) is 6.42 Å². The van der Waals surface area contributed by atoms with Gasteiger partial charge in [-0.3, -0.25) is 4.79 Å². The predicted octanol–water partition coefficient (Wildman–Crippen LogP) is 1.28. The SMILES string of the molecule is CC(C)(C)CC(C)(C)NCC(N)=O. The summed E-state index contributed by atoms with van der Waals surface area (Å²) in [6.45, 7) is 11.0. The van der Waals surface area contributed by atoms with Crippen LogP contribution in [0.25, 0.3) is 0 Å². The minimum Gasteiger partial charge on any atom is -0.369 e. The molecule has 3 nitrogen and oxygen atoms in total. The highest BCUT2D eigenvalue weighted by Crippen LogP contribution is 2.26. The largest absolute Gasteiger partial charge is 0.369 e. The van der Waals surface area contributed by atoms with Crippen molar-refractivity contribution in [2.24, 2.45) is 11.1 Å². The van der Waals surface area contributed by atoms with Gasteiger partial charge in [-0.2, -0.15) is 0 Å². The van der Waals surface area contributed by atoms with Crippen molar-refractivity contribution in [3.8, 4) is 0 Å². The van der Waals surface area contributed by atoms with E-state index in [4.69, 9.17) is 5.73 Å². The summed E-state index contributed by atoms with van der Waals surface area (Å²) >= 11 is 0. The first-order valence-electron chi connectivity index (χ1n) is 4.66. The van der Waals surface area contributed by atoms with Crippen molar-refractivity contribution in [3.63, 3.8) is 0 Å². The first-order chi connectivity index (χ1) is 5.62. The Balaban J connectivity index is 4.01. The second-order valence-corrected chi connectivity index (χ2v) is 5.44. The maximum absolute atomic E-state index is 10.6. The van der Waals surface area contributed by atoms with Gasteiger partial charge in [-0.15, -0.1) is 0 Å². The van der Waals surface area contributed by atoms with Gasteiger partial charge in [0.25, 0.3) is 0 Å². The summed E-state index contributed by atoms with van der Waals surface area (Å²) in [5.41, 5.74) is 5.29. The van der Waals surface area contributed by atoms with E-state index in [2.05, 4.69) is 39.9 Å². The van der Waals surface area contributed by atoms with Gasteiger partial charge < -0.3 is 11.1 Å². The van der Waals surface area contributed by atoms with Crippen LogP contribution in [0.5, 0.6) is 0 Å². The Morgan fingerprint density at radius 3 is 2.00 bits per heavy atom. The molecule has 0 radical (unpaired) electrons. The Hall–Kier alpha value is -0.570. The van der Waals surface area contributed by atoms with E-state index in [-0.39, 0.29) is 23.4 Å². The Morgan fingerprint density at radius 1 is 1.23 bits per heavy atom. The van der Waals surface area contributed by atoms with Gasteiger partial charge in [0.2, 0.25) is 5.91 Å². The molecule has 78 valence electrons. The third-order valence-electron chi connectivity index (χ3n) is 1.71. The number of nitrogens with one attached hydrogen (secondary N) is 1. The molecule has 0 atom stereocenters. The molecular weight excluding hydrogens is 164 g/mol. The smallest absolute Gasteiger partial charge is 0.231 e. The van der Waals surface area contributed by atoms with Crippen molar-refractivity contribution < 1.29 is 4.79 Å². The quantitative estimate of drug-likeness (QED) is 0.695. The molecule has 0 unspecified atom stereocenters. The number of amides is 1. The molecule has 0 aliphatic heterocycles. The Bertz CT molecular complexity index is 180. The average Bonchev–Trinajstić information content (AvgIpc) is 1.78. The lowest BCUT2D eigenvalue weighted by Crippen LogP contribution is -2.46. The molecule has 0 aliphatic rings. The summed E-state index contributed by atoms with van der Waals surface area (Å²) in [6, 6.07) is 0. The van der Waals surface area contributed by atoms with E-state index in [0.29, 0.717) is 0 Å². The van der Waals surface area contributed by atoms with Crippen LogP contribution in [0.15, 0.2) is 0 Å². The zero-order valence-electron chi connectivity index (χ0n) is 9.40. The van der Waals surface area contributed by atoms with E-state index in [1.165, 1.54) is 0 Å². The van der Waals surface area contributed by atoms with Gasteiger partial charge in [0.15, 0.2) is 0 Å². The summed E-state index contributed by atoms with van der Waals surface area (Å²) in [6.07, 6.45) is 1.01. The number of nitrogens with two attached hydrogens (primary N) is 1. The van der Waals surface area contributed by atoms with Crippen molar-refractivity contribution in [2.45, 2.75) is 46.6 Å². The number of hydrogen-bond acceptors (Lipinski definition) is 2. The summed E-state index contributed by atoms with van der Waals surface area (Å²) in [4.78, 5) is 10.6. The lowest BCUT2D eigenvalue weighted by molar-refractivity contribution is -0.117. The molecule has 0 bridgehead atoms. The molecule has 1 amide bonds. The van der Waals surface area contributed by atoms with Crippen LogP contribution in [0, 0.1) is 5.41 Å². The van der Waals surface area contributed by atoms with Gasteiger partial charge in [0.1, 0.15) is 0 Å². The molecule has 0 aromatic carbocycles. The number of carbonyl (C=O) groups excluding carboxylic acids is 1. The van der Waals surface area contributed by atoms with Crippen LogP contribution in [0.2, 0.25) is 0 Å². The molecule has 0 spiro atoms. The van der Waals surface area contributed by atoms with Gasteiger partial charge in [0, 0.05) is 5.54 Å². The number of primary amides is 1. The fourth-order valence-electron chi connectivity index (χ4n) is 1.71. The molecule has 0 heterocycles. The molecule has 0 rings (SSSR count). The van der Waals surface area contributed by atoms with E-state index >= 15 is 0 Å². The third-order valence-corrected chi connectivity index (χ3v) is 1.71. The van der Waals surface area contributed by atoms with Crippen LogP contribution >= 0.6 is 0 Å². The number of carbonyl (C=O) groups is 1. The maximum Gasteiger partial charge on any atom is 0.231 e. The van der Waals surface area contributed by atoms with Gasteiger partial charge >= 0.3 is 0 Å². The molecule has 0 aromatic heterocycles. The normalized spacial score (nSPS) is 13.0. The van der Waals surface area contributed by atoms with Gasteiger partial charge in [-0.25, -0.2) is 0 Å². The van der Waals surface area contributed by atoms with Gasteiger partial charge in [0.05, 0.1) is 6.54 Å². The van der Waals surface area contributed by atoms with E-state index in [9.17, 15) is 4.79 Å². The molecule has 3 N–H and O–H groups in total. The summed E-state index contributed by atoms with van der Waals surface area (Å²) < 4.78 is 0. The molecule has 0 saturated heterocycles. The zero-order chi connectivity index (χ0) is 10.7. The first-order valence-corrected chi connectivity index (χ1v) is 4.66. The van der Waals surface area contributed by atoms with Crippen molar-refractivity contribution in [3.05, 3.63) is 0 Å². The number of hydrogen-bond donors (Lipinski definition) is 2. The minimum absolute atomic E-state index is 0.0344. The fraction of sp³-hybridized carbons (Fsp3) is 0.900. The summed E-state index contributed by atoms with van der Waals surface area (Å²) in [5, 5.41) is 3.14. The molecule has 0 aromatic rings. The summed E-state index contributed by atoms with van der Waals surface area (Å²) in [5.74, 6) is -0.304. The molecule has 0 saturated carbocycles. The Morgan fingerprint density at radius 2 is 1.69 bits per heavy atom. The third kappa shape index (κ3) is 7.78. The van der Waals surface area contributed by atoms with E-state index in [1.807, 2.05) is 0 Å². The maximum atomic E-state index is 10.6. The molecule has 0 aliphatic carbocycles. The van der Waals surface area contributed by atoms with Crippen molar-refractivity contribution >= 4 is 5.91 Å². The fourth-order valence-corrected chi connectivity index (χ4v) is 1.71. The highest BCUT2D eigenvalue weighted by atomic mass is 16.1. The van der Waals surface area contributed by atoms with Crippen LogP contribution in [-0.2, 0) is 4.79 Å². The Kier molecular flexibility index (Phi) is 3.91. The van der Waals surface area contributed by atoms with Gasteiger partial charge in [-0.05, 0) is 25.7 Å². The molecule has 0 fully saturated rings. The molecule has 3 heteroatoms. The van der Waals surface area contributed by atoms with Crippen molar-refractivity contribution in [1.29, 1.82) is 0 Å². The topological polar surface area (TPSA) is 55.1 Å². The minimum atomic E-state index is -0.304. The van der Waals surface area contributed by atoms with Crippen LogP contribution in [0.3, 0.4) is 0 Å². The molecular formula is C10H22N2O.